The van der Waals surface area contributed by atoms with Crippen molar-refractivity contribution in [2.24, 2.45) is 0 Å². The standard InChI is InChI=1S/C27H28N4O4/c1-16-5-8-20(9-6-16)31-26-25(18(3)30-31)17(2)21(27(29-26)33-4)10-12-24(32)28-19-7-11-22-23(15-19)35-14-13-34-22/h5-9,11,15H,10,12-14H2,1-4H3,(H,28,32). The van der Waals surface area contributed by atoms with Gasteiger partial charge in [0.25, 0.3) is 0 Å². The summed E-state index contributed by atoms with van der Waals surface area (Å²) >= 11 is 0. The summed E-state index contributed by atoms with van der Waals surface area (Å²) in [6.07, 6.45) is 0.771. The molecule has 2 aromatic carbocycles. The number of fused-ring (bicyclic) bond motifs is 2. The van der Waals surface area contributed by atoms with E-state index >= 15 is 0 Å². The third-order valence-electron chi connectivity index (χ3n) is 6.23. The molecule has 180 valence electrons. The lowest BCUT2D eigenvalue weighted by Crippen LogP contribution is -2.16. The van der Waals surface area contributed by atoms with Gasteiger partial charge in [-0.3, -0.25) is 4.79 Å². The molecule has 8 heteroatoms. The second-order valence-corrected chi connectivity index (χ2v) is 8.66. The van der Waals surface area contributed by atoms with Crippen molar-refractivity contribution >= 4 is 22.6 Å². The van der Waals surface area contributed by atoms with Crippen LogP contribution in [-0.4, -0.2) is 41.0 Å². The molecule has 1 N–H and O–H groups in total. The van der Waals surface area contributed by atoms with Gasteiger partial charge in [0.05, 0.1) is 18.5 Å². The van der Waals surface area contributed by atoms with Gasteiger partial charge in [0.2, 0.25) is 11.8 Å². The molecule has 0 bridgehead atoms. The van der Waals surface area contributed by atoms with Crippen molar-refractivity contribution in [1.29, 1.82) is 0 Å². The Hall–Kier alpha value is -4.07. The predicted molar refractivity (Wildman–Crippen MR) is 134 cm³/mol. The molecule has 0 saturated heterocycles. The molecular formula is C27H28N4O4. The zero-order valence-corrected chi connectivity index (χ0v) is 20.3. The molecule has 0 unspecified atom stereocenters. The number of rotatable bonds is 6. The first-order valence-electron chi connectivity index (χ1n) is 11.6. The topological polar surface area (TPSA) is 87.5 Å². The number of nitrogens with one attached hydrogen (secondary N) is 1. The van der Waals surface area contributed by atoms with Crippen LogP contribution < -0.4 is 19.5 Å². The lowest BCUT2D eigenvalue weighted by Gasteiger charge is -2.19. The van der Waals surface area contributed by atoms with Crippen LogP contribution in [0.2, 0.25) is 0 Å². The van der Waals surface area contributed by atoms with E-state index in [2.05, 4.69) is 24.4 Å². The molecule has 0 spiro atoms. The average molecular weight is 473 g/mol. The second kappa shape index (κ2) is 9.29. The molecule has 2 aromatic heterocycles. The lowest BCUT2D eigenvalue weighted by molar-refractivity contribution is -0.116. The van der Waals surface area contributed by atoms with Gasteiger partial charge < -0.3 is 19.5 Å². The first-order chi connectivity index (χ1) is 16.9. The summed E-state index contributed by atoms with van der Waals surface area (Å²) in [6, 6.07) is 13.6. The largest absolute Gasteiger partial charge is 0.486 e. The summed E-state index contributed by atoms with van der Waals surface area (Å²) in [7, 11) is 1.60. The molecule has 0 radical (unpaired) electrons. The maximum atomic E-state index is 12.8. The van der Waals surface area contributed by atoms with Gasteiger partial charge >= 0.3 is 0 Å². The summed E-state index contributed by atoms with van der Waals surface area (Å²) in [6.45, 7) is 7.10. The quantitative estimate of drug-likeness (QED) is 0.438. The van der Waals surface area contributed by atoms with Crippen molar-refractivity contribution in [3.05, 3.63) is 64.8 Å². The molecule has 4 aromatic rings. The highest BCUT2D eigenvalue weighted by Gasteiger charge is 2.21. The van der Waals surface area contributed by atoms with Gasteiger partial charge in [-0.05, 0) is 57.0 Å². The number of nitrogens with zero attached hydrogens (tertiary/aromatic N) is 3. The third-order valence-corrected chi connectivity index (χ3v) is 6.23. The molecule has 8 nitrogen and oxygen atoms in total. The number of aromatic nitrogens is 3. The van der Waals surface area contributed by atoms with Crippen LogP contribution in [0.15, 0.2) is 42.5 Å². The average Bonchev–Trinajstić information content (AvgIpc) is 3.20. The van der Waals surface area contributed by atoms with E-state index in [1.54, 1.807) is 13.2 Å². The van der Waals surface area contributed by atoms with Gasteiger partial charge in [0.1, 0.15) is 13.2 Å². The van der Waals surface area contributed by atoms with Crippen LogP contribution >= 0.6 is 0 Å². The molecular weight excluding hydrogens is 444 g/mol. The maximum absolute atomic E-state index is 12.8. The van der Waals surface area contributed by atoms with Crippen LogP contribution in [0.25, 0.3) is 16.7 Å². The summed E-state index contributed by atoms with van der Waals surface area (Å²) in [5.74, 6) is 1.74. The SMILES string of the molecule is COc1nc2c(c(C)nn2-c2ccc(C)cc2)c(C)c1CCC(=O)Nc1ccc2c(c1)OCCO2. The Morgan fingerprint density at radius 2 is 1.80 bits per heavy atom. The fraction of sp³-hybridized carbons (Fsp3) is 0.296. The molecule has 3 heterocycles. The van der Waals surface area contributed by atoms with Crippen molar-refractivity contribution in [3.8, 4) is 23.1 Å². The first kappa shape index (κ1) is 22.7. The normalized spacial score (nSPS) is 12.6. The third kappa shape index (κ3) is 4.39. The Bertz CT molecular complexity index is 1410. The highest BCUT2D eigenvalue weighted by molar-refractivity contribution is 5.91. The number of benzene rings is 2. The molecule has 5 rings (SSSR count). The minimum atomic E-state index is -0.102. The molecule has 1 aliphatic heterocycles. The number of aryl methyl sites for hydroxylation is 3. The molecule has 1 amide bonds. The van der Waals surface area contributed by atoms with E-state index in [0.29, 0.717) is 42.7 Å². The monoisotopic (exact) mass is 472 g/mol. The van der Waals surface area contributed by atoms with Gasteiger partial charge in [-0.2, -0.15) is 10.1 Å². The van der Waals surface area contributed by atoms with Crippen LogP contribution in [0.5, 0.6) is 17.4 Å². The van der Waals surface area contributed by atoms with Gasteiger partial charge in [-0.25, -0.2) is 4.68 Å². The van der Waals surface area contributed by atoms with E-state index in [9.17, 15) is 4.79 Å². The Balaban J connectivity index is 1.39. The van der Waals surface area contributed by atoms with Gasteiger partial charge in [0, 0.05) is 29.1 Å². The highest BCUT2D eigenvalue weighted by atomic mass is 16.6. The van der Waals surface area contributed by atoms with Crippen molar-refractivity contribution in [1.82, 2.24) is 14.8 Å². The lowest BCUT2D eigenvalue weighted by atomic mass is 10.0. The first-order valence-corrected chi connectivity index (χ1v) is 11.6. The number of hydrogen-bond donors (Lipinski definition) is 1. The van der Waals surface area contributed by atoms with E-state index in [1.807, 2.05) is 42.8 Å². The van der Waals surface area contributed by atoms with Crippen LogP contribution in [0.3, 0.4) is 0 Å². The van der Waals surface area contributed by atoms with Crippen molar-refractivity contribution in [3.63, 3.8) is 0 Å². The van der Waals surface area contributed by atoms with E-state index < -0.39 is 0 Å². The fourth-order valence-corrected chi connectivity index (χ4v) is 4.44. The Labute approximate surface area is 203 Å². The van der Waals surface area contributed by atoms with Gasteiger partial charge in [0.15, 0.2) is 17.1 Å². The minimum Gasteiger partial charge on any atom is -0.486 e. The smallest absolute Gasteiger partial charge is 0.224 e. The number of methoxy groups -OCH3 is 1. The number of pyridine rings is 1. The molecule has 0 fully saturated rings. The number of carbonyl (C=O) groups is 1. The van der Waals surface area contributed by atoms with Crippen molar-refractivity contribution < 1.29 is 19.0 Å². The Morgan fingerprint density at radius 3 is 2.54 bits per heavy atom. The maximum Gasteiger partial charge on any atom is 0.224 e. The minimum absolute atomic E-state index is 0.102. The summed E-state index contributed by atoms with van der Waals surface area (Å²) in [5.41, 5.74) is 6.35. The number of anilines is 1. The van der Waals surface area contributed by atoms with Gasteiger partial charge in [-0.15, -0.1) is 0 Å². The molecule has 35 heavy (non-hydrogen) atoms. The molecule has 1 aliphatic rings. The van der Waals surface area contributed by atoms with Crippen LogP contribution in [0.1, 0.15) is 28.8 Å². The molecule has 0 saturated carbocycles. The Morgan fingerprint density at radius 1 is 1.06 bits per heavy atom. The predicted octanol–water partition coefficient (Wildman–Crippen LogP) is 4.70. The summed E-state index contributed by atoms with van der Waals surface area (Å²) in [4.78, 5) is 17.6. The summed E-state index contributed by atoms with van der Waals surface area (Å²) in [5, 5.41) is 8.68. The van der Waals surface area contributed by atoms with Crippen LogP contribution in [-0.2, 0) is 11.2 Å². The zero-order chi connectivity index (χ0) is 24.5. The summed E-state index contributed by atoms with van der Waals surface area (Å²) < 4.78 is 18.6. The van der Waals surface area contributed by atoms with Crippen LogP contribution in [0, 0.1) is 20.8 Å². The second-order valence-electron chi connectivity index (χ2n) is 8.66. The zero-order valence-electron chi connectivity index (χ0n) is 20.3. The van der Waals surface area contributed by atoms with Crippen molar-refractivity contribution in [2.75, 3.05) is 25.6 Å². The molecule has 0 aliphatic carbocycles. The van der Waals surface area contributed by atoms with Gasteiger partial charge in [-0.1, -0.05) is 17.7 Å². The number of ether oxygens (including phenoxy) is 3. The Kier molecular flexibility index (Phi) is 6.03. The van der Waals surface area contributed by atoms with Crippen LogP contribution in [0.4, 0.5) is 5.69 Å². The van der Waals surface area contributed by atoms with E-state index in [4.69, 9.17) is 24.3 Å². The van der Waals surface area contributed by atoms with E-state index in [1.165, 1.54) is 5.56 Å². The number of amides is 1. The number of hydrogen-bond acceptors (Lipinski definition) is 6. The van der Waals surface area contributed by atoms with E-state index in [0.717, 1.165) is 33.5 Å². The molecule has 0 atom stereocenters. The van der Waals surface area contributed by atoms with Crippen molar-refractivity contribution in [2.45, 2.75) is 33.6 Å². The fourth-order valence-electron chi connectivity index (χ4n) is 4.44. The highest BCUT2D eigenvalue weighted by Crippen LogP contribution is 2.34. The van der Waals surface area contributed by atoms with E-state index in [-0.39, 0.29) is 12.3 Å². The number of carbonyl (C=O) groups excluding carboxylic acids is 1.